The first kappa shape index (κ1) is 18.0. The monoisotopic (exact) mass is 311 g/mol. The van der Waals surface area contributed by atoms with Crippen LogP contribution in [0.5, 0.6) is 0 Å². The molecule has 1 rings (SSSR count). The number of hydrogen-bond donors (Lipinski definition) is 1. The van der Waals surface area contributed by atoms with E-state index in [1.165, 1.54) is 0 Å². The summed E-state index contributed by atoms with van der Waals surface area (Å²) in [5, 5.41) is 2.83. The van der Waals surface area contributed by atoms with Crippen molar-refractivity contribution >= 4 is 6.03 Å². The lowest BCUT2D eigenvalue weighted by Crippen LogP contribution is -2.52. The highest BCUT2D eigenvalue weighted by molar-refractivity contribution is 5.74. The number of hydrogen-bond acceptors (Lipinski definition) is 3. The van der Waals surface area contributed by atoms with Crippen molar-refractivity contribution in [3.8, 4) is 0 Å². The van der Waals surface area contributed by atoms with E-state index in [0.717, 1.165) is 19.5 Å². The first-order chi connectivity index (χ1) is 9.92. The zero-order valence-electron chi connectivity index (χ0n) is 12.4. The SMILES string of the molecule is CCCNC(=O)N1CCN(CCCOCC(F)(F)F)CC1. The van der Waals surface area contributed by atoms with Crippen LogP contribution in [0.1, 0.15) is 19.8 Å². The van der Waals surface area contributed by atoms with Gasteiger partial charge in [-0.15, -0.1) is 0 Å². The van der Waals surface area contributed by atoms with Crippen LogP contribution in [0, 0.1) is 0 Å². The van der Waals surface area contributed by atoms with Crippen LogP contribution in [0.25, 0.3) is 0 Å². The normalized spacial score (nSPS) is 17.0. The molecular formula is C13H24F3N3O2. The molecule has 0 bridgehead atoms. The van der Waals surface area contributed by atoms with Crippen molar-refractivity contribution in [1.82, 2.24) is 15.1 Å². The highest BCUT2D eigenvalue weighted by atomic mass is 19.4. The Hall–Kier alpha value is -1.02. The van der Waals surface area contributed by atoms with Crippen LogP contribution >= 0.6 is 0 Å². The molecule has 0 atom stereocenters. The lowest BCUT2D eigenvalue weighted by Gasteiger charge is -2.34. The molecule has 0 aromatic carbocycles. The van der Waals surface area contributed by atoms with Crippen LogP contribution in [0.2, 0.25) is 0 Å². The number of rotatable bonds is 7. The number of carbonyl (C=O) groups excluding carboxylic acids is 1. The van der Waals surface area contributed by atoms with Crippen LogP contribution < -0.4 is 5.32 Å². The minimum Gasteiger partial charge on any atom is -0.372 e. The molecule has 0 spiro atoms. The second kappa shape index (κ2) is 9.09. The Morgan fingerprint density at radius 3 is 2.48 bits per heavy atom. The summed E-state index contributed by atoms with van der Waals surface area (Å²) < 4.78 is 40.2. The Morgan fingerprint density at radius 1 is 1.24 bits per heavy atom. The standard InChI is InChI=1S/C13H24F3N3O2/c1-2-4-17-12(20)19-8-6-18(7-9-19)5-3-10-21-11-13(14,15)16/h2-11H2,1H3,(H,17,20). The maximum atomic E-state index is 11.9. The van der Waals surface area contributed by atoms with Crippen molar-refractivity contribution < 1.29 is 22.7 Å². The summed E-state index contributed by atoms with van der Waals surface area (Å²) in [7, 11) is 0. The lowest BCUT2D eigenvalue weighted by molar-refractivity contribution is -0.174. The highest BCUT2D eigenvalue weighted by Crippen LogP contribution is 2.14. The van der Waals surface area contributed by atoms with Gasteiger partial charge in [-0.05, 0) is 12.8 Å². The van der Waals surface area contributed by atoms with Crippen molar-refractivity contribution in [1.29, 1.82) is 0 Å². The number of nitrogens with one attached hydrogen (secondary N) is 1. The van der Waals surface area contributed by atoms with E-state index < -0.39 is 12.8 Å². The zero-order valence-corrected chi connectivity index (χ0v) is 12.4. The number of carbonyl (C=O) groups is 1. The Kier molecular flexibility index (Phi) is 7.81. The van der Waals surface area contributed by atoms with Crippen molar-refractivity contribution in [3.63, 3.8) is 0 Å². The molecule has 0 radical (unpaired) electrons. The minimum atomic E-state index is -4.25. The third kappa shape index (κ3) is 8.11. The molecule has 21 heavy (non-hydrogen) atoms. The van der Waals surface area contributed by atoms with Gasteiger partial charge in [0.2, 0.25) is 0 Å². The Bertz CT molecular complexity index is 306. The Labute approximate surface area is 123 Å². The third-order valence-corrected chi connectivity index (χ3v) is 3.21. The predicted molar refractivity (Wildman–Crippen MR) is 73.2 cm³/mol. The van der Waals surface area contributed by atoms with E-state index in [1.807, 2.05) is 6.92 Å². The molecule has 0 aromatic rings. The van der Waals surface area contributed by atoms with Gasteiger partial charge in [-0.25, -0.2) is 4.79 Å². The Morgan fingerprint density at radius 2 is 1.90 bits per heavy atom. The number of amides is 2. The molecule has 0 unspecified atom stereocenters. The average molecular weight is 311 g/mol. The first-order valence-electron chi connectivity index (χ1n) is 7.32. The molecule has 0 aliphatic carbocycles. The summed E-state index contributed by atoms with van der Waals surface area (Å²) >= 11 is 0. The number of nitrogens with zero attached hydrogens (tertiary/aromatic N) is 2. The summed E-state index contributed by atoms with van der Waals surface area (Å²) in [6, 6.07) is -0.0370. The zero-order chi connectivity index (χ0) is 15.7. The average Bonchev–Trinajstić information content (AvgIpc) is 2.44. The lowest BCUT2D eigenvalue weighted by atomic mass is 10.3. The summed E-state index contributed by atoms with van der Waals surface area (Å²) in [6.07, 6.45) is -2.78. The minimum absolute atomic E-state index is 0.0370. The van der Waals surface area contributed by atoms with E-state index in [0.29, 0.717) is 32.6 Å². The van der Waals surface area contributed by atoms with Gasteiger partial charge in [0.1, 0.15) is 6.61 Å². The van der Waals surface area contributed by atoms with E-state index in [-0.39, 0.29) is 12.6 Å². The predicted octanol–water partition coefficient (Wildman–Crippen LogP) is 1.69. The molecule has 1 aliphatic heterocycles. The topological polar surface area (TPSA) is 44.8 Å². The molecule has 1 N–H and O–H groups in total. The van der Waals surface area contributed by atoms with Gasteiger partial charge in [0.05, 0.1) is 0 Å². The number of piperazine rings is 1. The fraction of sp³-hybridized carbons (Fsp3) is 0.923. The molecule has 1 fully saturated rings. The van der Waals surface area contributed by atoms with Crippen LogP contribution in [-0.4, -0.2) is 74.5 Å². The molecule has 1 aliphatic rings. The summed E-state index contributed by atoms with van der Waals surface area (Å²) in [6.45, 7) is 5.10. The molecule has 1 saturated heterocycles. The number of halogens is 3. The number of ether oxygens (including phenoxy) is 1. The van der Waals surface area contributed by atoms with Gasteiger partial charge in [-0.3, -0.25) is 4.90 Å². The smallest absolute Gasteiger partial charge is 0.372 e. The molecule has 8 heteroatoms. The quantitative estimate of drug-likeness (QED) is 0.728. The molecule has 1 heterocycles. The van der Waals surface area contributed by atoms with Crippen LogP contribution in [-0.2, 0) is 4.74 Å². The van der Waals surface area contributed by atoms with E-state index in [4.69, 9.17) is 0 Å². The van der Waals surface area contributed by atoms with Crippen molar-refractivity contribution in [3.05, 3.63) is 0 Å². The molecular weight excluding hydrogens is 287 g/mol. The summed E-state index contributed by atoms with van der Waals surface area (Å²) in [5.41, 5.74) is 0. The van der Waals surface area contributed by atoms with Crippen LogP contribution in [0.15, 0.2) is 0 Å². The second-order valence-corrected chi connectivity index (χ2v) is 5.08. The van der Waals surface area contributed by atoms with Gasteiger partial charge in [0, 0.05) is 45.9 Å². The van der Waals surface area contributed by atoms with Crippen molar-refractivity contribution in [2.45, 2.75) is 25.9 Å². The van der Waals surface area contributed by atoms with Gasteiger partial charge in [0.25, 0.3) is 0 Å². The molecule has 5 nitrogen and oxygen atoms in total. The maximum Gasteiger partial charge on any atom is 0.411 e. The first-order valence-corrected chi connectivity index (χ1v) is 7.32. The molecule has 124 valence electrons. The molecule has 0 saturated carbocycles. The Balaban J connectivity index is 2.07. The van der Waals surface area contributed by atoms with Crippen molar-refractivity contribution in [2.75, 3.05) is 52.5 Å². The van der Waals surface area contributed by atoms with E-state index >= 15 is 0 Å². The van der Waals surface area contributed by atoms with Crippen LogP contribution in [0.4, 0.5) is 18.0 Å². The van der Waals surface area contributed by atoms with Crippen LogP contribution in [0.3, 0.4) is 0 Å². The van der Waals surface area contributed by atoms with Gasteiger partial charge >= 0.3 is 12.2 Å². The number of urea groups is 1. The number of alkyl halides is 3. The highest BCUT2D eigenvalue weighted by Gasteiger charge is 2.27. The molecule has 2 amide bonds. The van der Waals surface area contributed by atoms with Gasteiger partial charge < -0.3 is 15.0 Å². The molecule has 0 aromatic heterocycles. The summed E-state index contributed by atoms with van der Waals surface area (Å²) in [4.78, 5) is 15.6. The van der Waals surface area contributed by atoms with Crippen molar-refractivity contribution in [2.24, 2.45) is 0 Å². The summed E-state index contributed by atoms with van der Waals surface area (Å²) in [5.74, 6) is 0. The largest absolute Gasteiger partial charge is 0.411 e. The second-order valence-electron chi connectivity index (χ2n) is 5.08. The van der Waals surface area contributed by atoms with Gasteiger partial charge in [-0.1, -0.05) is 6.92 Å². The van der Waals surface area contributed by atoms with E-state index in [2.05, 4.69) is 15.0 Å². The maximum absolute atomic E-state index is 11.9. The van der Waals surface area contributed by atoms with E-state index in [9.17, 15) is 18.0 Å². The van der Waals surface area contributed by atoms with E-state index in [1.54, 1.807) is 4.90 Å². The third-order valence-electron chi connectivity index (χ3n) is 3.21. The fourth-order valence-corrected chi connectivity index (χ4v) is 2.10. The van der Waals surface area contributed by atoms with Gasteiger partial charge in [0.15, 0.2) is 0 Å². The van der Waals surface area contributed by atoms with Gasteiger partial charge in [-0.2, -0.15) is 13.2 Å². The fourth-order valence-electron chi connectivity index (χ4n) is 2.10.